The molecular weight excluding hydrogens is 154 g/mol. The smallest absolute Gasteiger partial charge is 0.0947 e. The van der Waals surface area contributed by atoms with Crippen LogP contribution in [0, 0.1) is 11.3 Å². The van der Waals surface area contributed by atoms with Gasteiger partial charge in [-0.2, -0.15) is 5.26 Å². The Bertz CT molecular complexity index is 301. The van der Waals surface area contributed by atoms with Crippen molar-refractivity contribution < 1.29 is 0 Å². The molecule has 0 radical (unpaired) electrons. The second-order valence-electron chi connectivity index (χ2n) is 2.34. The summed E-state index contributed by atoms with van der Waals surface area (Å²) in [6.45, 7) is 3.82. The van der Waals surface area contributed by atoms with Crippen LogP contribution in [0.5, 0.6) is 0 Å². The first-order valence-corrected chi connectivity index (χ1v) is 4.25. The van der Waals surface area contributed by atoms with Crippen LogP contribution in [0.2, 0.25) is 0 Å². The number of rotatable bonds is 1. The van der Waals surface area contributed by atoms with Crippen LogP contribution in [-0.4, -0.2) is 0 Å². The third-order valence-electron chi connectivity index (χ3n) is 1.62. The van der Waals surface area contributed by atoms with Gasteiger partial charge in [0.05, 0.1) is 6.07 Å². The van der Waals surface area contributed by atoms with E-state index in [9.17, 15) is 0 Å². The molecule has 1 rings (SSSR count). The van der Waals surface area contributed by atoms with Gasteiger partial charge in [-0.15, -0.1) is 11.3 Å². The van der Waals surface area contributed by atoms with Crippen LogP contribution in [0.4, 0.5) is 0 Å². The van der Waals surface area contributed by atoms with Crippen molar-refractivity contribution in [3.8, 4) is 6.07 Å². The Balaban J connectivity index is 3.05. The highest BCUT2D eigenvalue weighted by Crippen LogP contribution is 2.21. The third kappa shape index (κ3) is 1.69. The Morgan fingerprint density at radius 1 is 1.55 bits per heavy atom. The van der Waals surface area contributed by atoms with Crippen LogP contribution in [0.3, 0.4) is 0 Å². The van der Waals surface area contributed by atoms with E-state index < -0.39 is 0 Å². The van der Waals surface area contributed by atoms with Gasteiger partial charge in [-0.25, -0.2) is 0 Å². The largest absolute Gasteiger partial charge is 0.193 e. The zero-order valence-electron chi connectivity index (χ0n) is 6.59. The minimum atomic E-state index is 0.799. The van der Waals surface area contributed by atoms with Crippen molar-refractivity contribution in [3.05, 3.63) is 28.0 Å². The Labute approximate surface area is 70.6 Å². The van der Waals surface area contributed by atoms with E-state index in [2.05, 4.69) is 6.07 Å². The molecule has 1 aromatic heterocycles. The molecule has 0 bridgehead atoms. The monoisotopic (exact) mass is 163 g/mol. The number of thiophene rings is 1. The quantitative estimate of drug-likeness (QED) is 0.584. The van der Waals surface area contributed by atoms with Gasteiger partial charge in [-0.3, -0.25) is 0 Å². The van der Waals surface area contributed by atoms with E-state index >= 15 is 0 Å². The zero-order valence-corrected chi connectivity index (χ0v) is 7.40. The topological polar surface area (TPSA) is 23.8 Å². The minimum absolute atomic E-state index is 0.799. The maximum atomic E-state index is 8.60. The average Bonchev–Trinajstić information content (AvgIpc) is 2.53. The lowest BCUT2D eigenvalue weighted by Crippen LogP contribution is -1.76. The number of hydrogen-bond donors (Lipinski definition) is 0. The summed E-state index contributed by atoms with van der Waals surface area (Å²) in [6, 6.07) is 6.16. The molecule has 0 atom stereocenters. The van der Waals surface area contributed by atoms with E-state index in [4.69, 9.17) is 5.26 Å². The van der Waals surface area contributed by atoms with Crippen LogP contribution in [-0.2, 0) is 0 Å². The van der Waals surface area contributed by atoms with E-state index in [1.54, 1.807) is 11.3 Å². The Kier molecular flexibility index (Phi) is 2.45. The fraction of sp³-hybridized carbons (Fsp3) is 0.222. The predicted molar refractivity (Wildman–Crippen MR) is 48.2 cm³/mol. The van der Waals surface area contributed by atoms with Crippen molar-refractivity contribution in [2.45, 2.75) is 13.8 Å². The molecule has 0 saturated heterocycles. The number of allylic oxidation sites excluding steroid dienone is 2. The molecule has 1 heterocycles. The molecule has 0 aliphatic heterocycles. The lowest BCUT2D eigenvalue weighted by atomic mass is 10.1. The summed E-state index contributed by atoms with van der Waals surface area (Å²) >= 11 is 1.67. The van der Waals surface area contributed by atoms with Crippen molar-refractivity contribution in [1.82, 2.24) is 0 Å². The third-order valence-corrected chi connectivity index (χ3v) is 2.61. The molecule has 0 aromatic carbocycles. The van der Waals surface area contributed by atoms with Crippen molar-refractivity contribution in [1.29, 1.82) is 5.26 Å². The van der Waals surface area contributed by atoms with Gasteiger partial charge in [-0.05, 0) is 30.9 Å². The maximum Gasteiger partial charge on any atom is 0.0947 e. The summed E-state index contributed by atoms with van der Waals surface area (Å²) < 4.78 is 0. The molecule has 0 spiro atoms. The molecule has 0 aliphatic rings. The van der Waals surface area contributed by atoms with E-state index in [1.165, 1.54) is 4.88 Å². The van der Waals surface area contributed by atoms with Gasteiger partial charge < -0.3 is 0 Å². The molecule has 0 fully saturated rings. The molecule has 2 heteroatoms. The lowest BCUT2D eigenvalue weighted by Gasteiger charge is -1.95. The van der Waals surface area contributed by atoms with E-state index in [-0.39, 0.29) is 0 Å². The fourth-order valence-electron chi connectivity index (χ4n) is 0.761. The number of nitriles is 1. The number of hydrogen-bond acceptors (Lipinski definition) is 2. The fourth-order valence-corrected chi connectivity index (χ4v) is 1.55. The summed E-state index contributed by atoms with van der Waals surface area (Å²) in [5.74, 6) is 0. The molecule has 1 nitrogen and oxygen atoms in total. The second kappa shape index (κ2) is 3.36. The maximum absolute atomic E-state index is 8.60. The summed E-state index contributed by atoms with van der Waals surface area (Å²) in [4.78, 5) is 1.18. The van der Waals surface area contributed by atoms with Gasteiger partial charge in [0, 0.05) is 10.5 Å². The summed E-state index contributed by atoms with van der Waals surface area (Å²) in [6.07, 6.45) is 0. The zero-order chi connectivity index (χ0) is 8.27. The first-order chi connectivity index (χ1) is 5.25. The molecule has 0 unspecified atom stereocenters. The molecular formula is C9H9NS. The van der Waals surface area contributed by atoms with E-state index in [1.807, 2.05) is 31.4 Å². The Hall–Kier alpha value is -1.07. The Morgan fingerprint density at radius 3 is 2.73 bits per heavy atom. The molecule has 0 aliphatic carbocycles. The summed E-state index contributed by atoms with van der Waals surface area (Å²) in [5.41, 5.74) is 1.88. The van der Waals surface area contributed by atoms with Gasteiger partial charge >= 0.3 is 0 Å². The SMILES string of the molecule is CC(C#N)=C(C)c1cccs1. The molecule has 0 saturated carbocycles. The highest BCUT2D eigenvalue weighted by molar-refractivity contribution is 7.11. The van der Waals surface area contributed by atoms with E-state index in [0.717, 1.165) is 11.1 Å². The van der Waals surface area contributed by atoms with Gasteiger partial charge in [0.25, 0.3) is 0 Å². The highest BCUT2D eigenvalue weighted by atomic mass is 32.1. The lowest BCUT2D eigenvalue weighted by molar-refractivity contribution is 1.43. The van der Waals surface area contributed by atoms with Gasteiger partial charge in [-0.1, -0.05) is 6.07 Å². The molecule has 0 N–H and O–H groups in total. The summed E-state index contributed by atoms with van der Waals surface area (Å²) in [7, 11) is 0. The molecule has 56 valence electrons. The van der Waals surface area contributed by atoms with Crippen molar-refractivity contribution in [3.63, 3.8) is 0 Å². The first-order valence-electron chi connectivity index (χ1n) is 3.37. The van der Waals surface area contributed by atoms with Crippen LogP contribution in [0.15, 0.2) is 23.1 Å². The minimum Gasteiger partial charge on any atom is -0.193 e. The van der Waals surface area contributed by atoms with Gasteiger partial charge in [0.1, 0.15) is 0 Å². The van der Waals surface area contributed by atoms with Crippen molar-refractivity contribution >= 4 is 16.9 Å². The molecule has 0 amide bonds. The highest BCUT2D eigenvalue weighted by Gasteiger charge is 1.99. The van der Waals surface area contributed by atoms with Crippen LogP contribution < -0.4 is 0 Å². The van der Waals surface area contributed by atoms with Crippen molar-refractivity contribution in [2.24, 2.45) is 0 Å². The van der Waals surface area contributed by atoms with Crippen LogP contribution in [0.25, 0.3) is 5.57 Å². The van der Waals surface area contributed by atoms with Crippen LogP contribution >= 0.6 is 11.3 Å². The second-order valence-corrected chi connectivity index (χ2v) is 3.29. The Morgan fingerprint density at radius 2 is 2.27 bits per heavy atom. The number of nitrogens with zero attached hydrogens (tertiary/aromatic N) is 1. The van der Waals surface area contributed by atoms with Crippen molar-refractivity contribution in [2.75, 3.05) is 0 Å². The summed E-state index contributed by atoms with van der Waals surface area (Å²) in [5, 5.41) is 10.6. The molecule has 1 aromatic rings. The van der Waals surface area contributed by atoms with Gasteiger partial charge in [0.15, 0.2) is 0 Å². The normalized spacial score (nSPS) is 12.1. The average molecular weight is 163 g/mol. The van der Waals surface area contributed by atoms with Gasteiger partial charge in [0.2, 0.25) is 0 Å². The standard InChI is InChI=1S/C9H9NS/c1-7(6-10)8(2)9-4-3-5-11-9/h3-5H,1-2H3. The van der Waals surface area contributed by atoms with Crippen LogP contribution in [0.1, 0.15) is 18.7 Å². The first kappa shape index (κ1) is 8.03. The van der Waals surface area contributed by atoms with E-state index in [0.29, 0.717) is 0 Å². The molecule has 11 heavy (non-hydrogen) atoms. The predicted octanol–water partition coefficient (Wildman–Crippen LogP) is 3.07.